The van der Waals surface area contributed by atoms with Crippen LogP contribution in [0, 0.1) is 22.9 Å². The Bertz CT molecular complexity index is 1320. The summed E-state index contributed by atoms with van der Waals surface area (Å²) in [5.41, 5.74) is -0.182. The number of nitrogens with zero attached hydrogens (tertiary/aromatic N) is 4. The lowest BCUT2D eigenvalue weighted by atomic mass is 10.1. The van der Waals surface area contributed by atoms with Crippen molar-refractivity contribution in [3.05, 3.63) is 68.0 Å². The van der Waals surface area contributed by atoms with Crippen LogP contribution in [-0.4, -0.2) is 44.2 Å². The van der Waals surface area contributed by atoms with Gasteiger partial charge in [0.1, 0.15) is 5.82 Å². The molecule has 0 unspecified atom stereocenters. The molecule has 2 heterocycles. The van der Waals surface area contributed by atoms with Crippen LogP contribution in [0.5, 0.6) is 5.75 Å². The maximum Gasteiger partial charge on any atom is 0.407 e. The highest BCUT2D eigenvalue weighted by atomic mass is 19.1. The number of likely N-dealkylation sites (tertiary alicyclic amines) is 1. The van der Waals surface area contributed by atoms with E-state index >= 15 is 0 Å². The van der Waals surface area contributed by atoms with E-state index in [0.29, 0.717) is 18.4 Å². The molecular weight excluding hydrogens is 423 g/mol. The molecular formula is C21H19FN4O6. The maximum absolute atomic E-state index is 14.5. The zero-order valence-electron chi connectivity index (χ0n) is 17.2. The van der Waals surface area contributed by atoms with E-state index < -0.39 is 28.4 Å². The average Bonchev–Trinajstić information content (AvgIpc) is 3.24. The average molecular weight is 442 g/mol. The summed E-state index contributed by atoms with van der Waals surface area (Å²) in [7, 11) is 1.30. The fourth-order valence-corrected chi connectivity index (χ4v) is 4.10. The van der Waals surface area contributed by atoms with E-state index in [4.69, 9.17) is 4.74 Å². The van der Waals surface area contributed by atoms with Gasteiger partial charge in [0.25, 0.3) is 11.2 Å². The Morgan fingerprint density at radius 1 is 1.34 bits per heavy atom. The lowest BCUT2D eigenvalue weighted by Gasteiger charge is -2.24. The van der Waals surface area contributed by atoms with Gasteiger partial charge in [-0.3, -0.25) is 24.4 Å². The zero-order valence-corrected chi connectivity index (χ0v) is 17.2. The van der Waals surface area contributed by atoms with Gasteiger partial charge >= 0.3 is 6.09 Å². The van der Waals surface area contributed by atoms with Gasteiger partial charge in [0.15, 0.2) is 11.6 Å². The van der Waals surface area contributed by atoms with E-state index in [9.17, 15) is 29.2 Å². The quantitative estimate of drug-likeness (QED) is 0.483. The second-order valence-electron chi connectivity index (χ2n) is 7.48. The van der Waals surface area contributed by atoms with E-state index in [1.54, 1.807) is 6.92 Å². The van der Waals surface area contributed by atoms with E-state index in [1.807, 2.05) is 0 Å². The molecule has 1 amide bonds. The topological polar surface area (TPSA) is 128 Å². The third kappa shape index (κ3) is 3.41. The highest BCUT2D eigenvalue weighted by Gasteiger charge is 2.34. The number of halogens is 1. The van der Waals surface area contributed by atoms with Gasteiger partial charge in [0, 0.05) is 24.7 Å². The van der Waals surface area contributed by atoms with Gasteiger partial charge in [0.05, 0.1) is 34.7 Å². The number of methoxy groups -OCH3 is 1. The molecule has 1 N–H and O–H groups in total. The number of carboxylic acid groups (broad SMARTS) is 1. The monoisotopic (exact) mass is 442 g/mol. The number of rotatable bonds is 4. The lowest BCUT2D eigenvalue weighted by Crippen LogP contribution is -2.34. The number of aromatic nitrogens is 2. The largest absolute Gasteiger partial charge is 0.494 e. The third-order valence-corrected chi connectivity index (χ3v) is 5.58. The summed E-state index contributed by atoms with van der Waals surface area (Å²) in [6, 6.07) is 5.57. The number of hydrogen-bond donors (Lipinski definition) is 1. The van der Waals surface area contributed by atoms with Crippen molar-refractivity contribution in [3.63, 3.8) is 0 Å². The summed E-state index contributed by atoms with van der Waals surface area (Å²) >= 11 is 0. The van der Waals surface area contributed by atoms with Crippen LogP contribution < -0.4 is 10.3 Å². The number of non-ortho nitro benzene ring substituents is 1. The lowest BCUT2D eigenvalue weighted by molar-refractivity contribution is -0.384. The number of amides is 1. The van der Waals surface area contributed by atoms with Gasteiger partial charge in [-0.1, -0.05) is 0 Å². The van der Waals surface area contributed by atoms with Crippen LogP contribution in [0.15, 0.2) is 35.1 Å². The van der Waals surface area contributed by atoms with Gasteiger partial charge in [-0.2, -0.15) is 0 Å². The number of ether oxygens (including phenoxy) is 1. The summed E-state index contributed by atoms with van der Waals surface area (Å²) in [4.78, 5) is 41.8. The van der Waals surface area contributed by atoms with Crippen molar-refractivity contribution in [1.82, 2.24) is 14.5 Å². The third-order valence-electron chi connectivity index (χ3n) is 5.58. The maximum atomic E-state index is 14.5. The molecule has 4 rings (SSSR count). The fourth-order valence-electron chi connectivity index (χ4n) is 4.10. The summed E-state index contributed by atoms with van der Waals surface area (Å²) in [5, 5.41) is 20.9. The van der Waals surface area contributed by atoms with Crippen LogP contribution in [-0.2, 0) is 0 Å². The Morgan fingerprint density at radius 3 is 2.72 bits per heavy atom. The molecule has 0 spiro atoms. The smallest absolute Gasteiger partial charge is 0.407 e. The second-order valence-corrected chi connectivity index (χ2v) is 7.48. The van der Waals surface area contributed by atoms with Crippen LogP contribution in [0.25, 0.3) is 16.6 Å². The molecule has 1 fully saturated rings. The van der Waals surface area contributed by atoms with E-state index in [2.05, 4.69) is 4.98 Å². The first-order valence-electron chi connectivity index (χ1n) is 9.78. The van der Waals surface area contributed by atoms with Crippen molar-refractivity contribution in [2.45, 2.75) is 25.8 Å². The minimum atomic E-state index is -1.16. The number of benzene rings is 2. The van der Waals surface area contributed by atoms with Crippen molar-refractivity contribution in [1.29, 1.82) is 0 Å². The van der Waals surface area contributed by atoms with Crippen molar-refractivity contribution >= 4 is 22.7 Å². The fraction of sp³-hybridized carbons (Fsp3) is 0.286. The first-order chi connectivity index (χ1) is 15.2. The zero-order chi connectivity index (χ0) is 23.2. The molecule has 1 aliphatic rings. The molecule has 0 bridgehead atoms. The van der Waals surface area contributed by atoms with Crippen molar-refractivity contribution < 1.29 is 24.0 Å². The summed E-state index contributed by atoms with van der Waals surface area (Å²) < 4.78 is 20.5. The number of fused-ring (bicyclic) bond motifs is 1. The van der Waals surface area contributed by atoms with Crippen LogP contribution in [0.3, 0.4) is 0 Å². The molecule has 32 heavy (non-hydrogen) atoms. The summed E-state index contributed by atoms with van der Waals surface area (Å²) in [6.07, 6.45) is -0.162. The Balaban J connectivity index is 2.07. The highest BCUT2D eigenvalue weighted by Crippen LogP contribution is 2.33. The Kier molecular flexibility index (Phi) is 5.25. The molecule has 0 aliphatic carbocycles. The summed E-state index contributed by atoms with van der Waals surface area (Å²) in [5.74, 6) is -0.625. The normalized spacial score (nSPS) is 15.8. The number of nitro benzene ring substituents is 1. The minimum Gasteiger partial charge on any atom is -0.494 e. The van der Waals surface area contributed by atoms with Crippen LogP contribution in [0.1, 0.15) is 30.3 Å². The molecule has 1 aliphatic heterocycles. The molecule has 2 aromatic carbocycles. The SMILES string of the molecule is COc1ccc(-n2c([C@@H]3CCCN3C(=O)O)nc3c(C)cc([N+](=O)[O-])cc3c2=O)cc1F. The van der Waals surface area contributed by atoms with Crippen LogP contribution in [0.4, 0.5) is 14.9 Å². The van der Waals surface area contributed by atoms with E-state index in [-0.39, 0.29) is 40.4 Å². The molecule has 1 saturated heterocycles. The second kappa shape index (κ2) is 7.91. The number of aryl methyl sites for hydroxylation is 1. The molecule has 11 heteroatoms. The van der Waals surface area contributed by atoms with Crippen molar-refractivity contribution in [2.75, 3.05) is 13.7 Å². The first-order valence-corrected chi connectivity index (χ1v) is 9.78. The number of hydrogen-bond acceptors (Lipinski definition) is 6. The predicted molar refractivity (Wildman–Crippen MR) is 112 cm³/mol. The van der Waals surface area contributed by atoms with Gasteiger partial charge in [0.2, 0.25) is 0 Å². The minimum absolute atomic E-state index is 0.0171. The van der Waals surface area contributed by atoms with E-state index in [0.717, 1.165) is 16.7 Å². The molecule has 3 aromatic rings. The first kappa shape index (κ1) is 21.2. The highest BCUT2D eigenvalue weighted by molar-refractivity contribution is 5.84. The molecule has 0 saturated carbocycles. The van der Waals surface area contributed by atoms with Gasteiger partial charge in [-0.15, -0.1) is 0 Å². The standard InChI is InChI=1S/C21H19FN4O6/c1-11-8-13(26(30)31)9-14-18(11)23-19(16-4-3-7-24(16)21(28)29)25(20(14)27)12-5-6-17(32-2)15(22)10-12/h5-6,8-10,16H,3-4,7H2,1-2H3,(H,28,29)/t16-/m0/s1. The Hall–Kier alpha value is -4.02. The number of nitro groups is 1. The molecule has 10 nitrogen and oxygen atoms in total. The molecule has 0 radical (unpaired) electrons. The van der Waals surface area contributed by atoms with Crippen LogP contribution in [0.2, 0.25) is 0 Å². The Morgan fingerprint density at radius 2 is 2.09 bits per heavy atom. The molecule has 1 aromatic heterocycles. The Labute approximate surface area is 180 Å². The van der Waals surface area contributed by atoms with Crippen molar-refractivity contribution in [2.24, 2.45) is 0 Å². The molecule has 1 atom stereocenters. The number of carbonyl (C=O) groups is 1. The van der Waals surface area contributed by atoms with Gasteiger partial charge < -0.3 is 9.84 Å². The predicted octanol–water partition coefficient (Wildman–Crippen LogP) is 3.56. The van der Waals surface area contributed by atoms with Gasteiger partial charge in [-0.25, -0.2) is 14.2 Å². The van der Waals surface area contributed by atoms with Crippen molar-refractivity contribution in [3.8, 4) is 11.4 Å². The molecule has 166 valence electrons. The van der Waals surface area contributed by atoms with E-state index in [1.165, 1.54) is 30.2 Å². The van der Waals surface area contributed by atoms with Crippen LogP contribution >= 0.6 is 0 Å². The summed E-state index contributed by atoms with van der Waals surface area (Å²) in [6.45, 7) is 1.86. The van der Waals surface area contributed by atoms with Gasteiger partial charge in [-0.05, 0) is 37.5 Å².